The number of aryl methyl sites for hydroxylation is 1. The van der Waals surface area contributed by atoms with Gasteiger partial charge in [-0.05, 0) is 69.3 Å². The summed E-state index contributed by atoms with van der Waals surface area (Å²) in [7, 11) is 0. The molecule has 1 aromatic rings. The van der Waals surface area contributed by atoms with E-state index in [9.17, 15) is 4.79 Å². The Morgan fingerprint density at radius 2 is 2.05 bits per heavy atom. The Hall–Kier alpha value is -1.35. The maximum atomic E-state index is 12.0. The van der Waals surface area contributed by atoms with E-state index < -0.39 is 0 Å². The molecule has 1 aromatic carbocycles. The molecular weight excluding hydrogens is 236 g/mol. The van der Waals surface area contributed by atoms with Crippen LogP contribution in [0.25, 0.3) is 0 Å². The second-order valence-corrected chi connectivity index (χ2v) is 5.53. The van der Waals surface area contributed by atoms with Crippen LogP contribution in [0.2, 0.25) is 0 Å². The first-order valence-corrected chi connectivity index (χ1v) is 7.23. The zero-order chi connectivity index (χ0) is 13.7. The molecule has 0 spiro atoms. The Kier molecular flexibility index (Phi) is 4.97. The molecule has 2 rings (SSSR count). The van der Waals surface area contributed by atoms with Gasteiger partial charge in [0.1, 0.15) is 0 Å². The normalized spacial score (nSPS) is 16.3. The molecule has 0 atom stereocenters. The van der Waals surface area contributed by atoms with Gasteiger partial charge in [-0.2, -0.15) is 0 Å². The average Bonchev–Trinajstić information content (AvgIpc) is 2.43. The van der Waals surface area contributed by atoms with Gasteiger partial charge in [-0.25, -0.2) is 0 Å². The van der Waals surface area contributed by atoms with Gasteiger partial charge in [0, 0.05) is 12.1 Å². The second kappa shape index (κ2) is 6.71. The molecule has 1 saturated heterocycles. The number of hydrogen-bond donors (Lipinski definition) is 2. The number of hydrogen-bond acceptors (Lipinski definition) is 2. The molecule has 0 bridgehead atoms. The van der Waals surface area contributed by atoms with E-state index in [2.05, 4.69) is 30.5 Å². The lowest BCUT2D eigenvalue weighted by Gasteiger charge is -2.22. The topological polar surface area (TPSA) is 41.1 Å². The minimum atomic E-state index is 0.146. The molecule has 1 aliphatic heterocycles. The summed E-state index contributed by atoms with van der Waals surface area (Å²) in [5.74, 6) is 0.859. The minimum absolute atomic E-state index is 0.146. The van der Waals surface area contributed by atoms with E-state index in [-0.39, 0.29) is 5.91 Å². The fraction of sp³-hybridized carbons (Fsp3) is 0.562. The molecule has 0 unspecified atom stereocenters. The van der Waals surface area contributed by atoms with Crippen LogP contribution >= 0.6 is 0 Å². The molecule has 3 nitrogen and oxygen atoms in total. The molecule has 1 heterocycles. The fourth-order valence-corrected chi connectivity index (χ4v) is 2.60. The van der Waals surface area contributed by atoms with E-state index in [1.807, 2.05) is 12.1 Å². The first-order chi connectivity index (χ1) is 9.16. The van der Waals surface area contributed by atoms with Crippen molar-refractivity contribution in [2.45, 2.75) is 39.5 Å². The van der Waals surface area contributed by atoms with Crippen molar-refractivity contribution in [2.24, 2.45) is 5.92 Å². The summed E-state index contributed by atoms with van der Waals surface area (Å²) in [5.41, 5.74) is 3.34. The molecule has 1 fully saturated rings. The number of anilines is 1. The number of rotatable bonds is 4. The smallest absolute Gasteiger partial charge is 0.224 e. The van der Waals surface area contributed by atoms with Crippen LogP contribution in [0.3, 0.4) is 0 Å². The standard InChI is InChI=1S/C16H24N2O/c1-12-4-3-5-15(13(12)2)18-16(19)7-6-14-8-10-17-11-9-14/h3-5,14,17H,6-11H2,1-2H3,(H,18,19). The molecule has 3 heteroatoms. The molecular formula is C16H24N2O. The second-order valence-electron chi connectivity index (χ2n) is 5.53. The van der Waals surface area contributed by atoms with Gasteiger partial charge >= 0.3 is 0 Å². The zero-order valence-corrected chi connectivity index (χ0v) is 12.0. The third-order valence-corrected chi connectivity index (χ3v) is 4.12. The number of carbonyl (C=O) groups excluding carboxylic acids is 1. The summed E-state index contributed by atoms with van der Waals surface area (Å²) in [6.45, 7) is 6.32. The molecule has 0 saturated carbocycles. The van der Waals surface area contributed by atoms with Crippen molar-refractivity contribution in [1.29, 1.82) is 0 Å². The third-order valence-electron chi connectivity index (χ3n) is 4.12. The number of carbonyl (C=O) groups is 1. The Balaban J connectivity index is 1.82. The van der Waals surface area contributed by atoms with Crippen LogP contribution in [-0.4, -0.2) is 19.0 Å². The van der Waals surface area contributed by atoms with Crippen LogP contribution in [0.4, 0.5) is 5.69 Å². The van der Waals surface area contributed by atoms with Gasteiger partial charge in [0.05, 0.1) is 0 Å². The number of piperidine rings is 1. The van der Waals surface area contributed by atoms with Crippen molar-refractivity contribution in [1.82, 2.24) is 5.32 Å². The number of nitrogens with one attached hydrogen (secondary N) is 2. The summed E-state index contributed by atoms with van der Waals surface area (Å²) < 4.78 is 0. The summed E-state index contributed by atoms with van der Waals surface area (Å²) in [5, 5.41) is 6.39. The van der Waals surface area contributed by atoms with Gasteiger partial charge in [-0.15, -0.1) is 0 Å². The summed E-state index contributed by atoms with van der Waals surface area (Å²) in [6, 6.07) is 6.04. The number of benzene rings is 1. The van der Waals surface area contributed by atoms with Crippen molar-refractivity contribution >= 4 is 11.6 Å². The van der Waals surface area contributed by atoms with E-state index in [1.165, 1.54) is 18.4 Å². The minimum Gasteiger partial charge on any atom is -0.326 e. The summed E-state index contributed by atoms with van der Waals surface area (Å²) in [4.78, 5) is 12.0. The average molecular weight is 260 g/mol. The van der Waals surface area contributed by atoms with Crippen LogP contribution in [0.5, 0.6) is 0 Å². The number of amides is 1. The van der Waals surface area contributed by atoms with Gasteiger partial charge in [0.15, 0.2) is 0 Å². The molecule has 104 valence electrons. The molecule has 0 aliphatic carbocycles. The van der Waals surface area contributed by atoms with Crippen LogP contribution < -0.4 is 10.6 Å². The molecule has 1 aliphatic rings. The Bertz CT molecular complexity index is 436. The van der Waals surface area contributed by atoms with Gasteiger partial charge in [-0.3, -0.25) is 4.79 Å². The van der Waals surface area contributed by atoms with Gasteiger partial charge in [0.2, 0.25) is 5.91 Å². The fourth-order valence-electron chi connectivity index (χ4n) is 2.60. The predicted octanol–water partition coefficient (Wildman–Crippen LogP) is 3.02. The van der Waals surface area contributed by atoms with E-state index in [1.54, 1.807) is 0 Å². The van der Waals surface area contributed by atoms with Crippen molar-refractivity contribution in [3.8, 4) is 0 Å². The highest BCUT2D eigenvalue weighted by Crippen LogP contribution is 2.20. The molecule has 0 aromatic heterocycles. The van der Waals surface area contributed by atoms with Crippen molar-refractivity contribution in [3.05, 3.63) is 29.3 Å². The zero-order valence-electron chi connectivity index (χ0n) is 12.0. The first kappa shape index (κ1) is 14.1. The molecule has 1 amide bonds. The third kappa shape index (κ3) is 4.06. The summed E-state index contributed by atoms with van der Waals surface area (Å²) >= 11 is 0. The van der Waals surface area contributed by atoms with Gasteiger partial charge < -0.3 is 10.6 Å². The van der Waals surface area contributed by atoms with E-state index in [0.29, 0.717) is 12.3 Å². The van der Waals surface area contributed by atoms with E-state index >= 15 is 0 Å². The van der Waals surface area contributed by atoms with Gasteiger partial charge in [-0.1, -0.05) is 12.1 Å². The first-order valence-electron chi connectivity index (χ1n) is 7.23. The van der Waals surface area contributed by atoms with Crippen molar-refractivity contribution in [2.75, 3.05) is 18.4 Å². The van der Waals surface area contributed by atoms with Crippen LogP contribution in [-0.2, 0) is 4.79 Å². The largest absolute Gasteiger partial charge is 0.326 e. The van der Waals surface area contributed by atoms with E-state index in [0.717, 1.165) is 30.8 Å². The monoisotopic (exact) mass is 260 g/mol. The Morgan fingerprint density at radius 3 is 2.79 bits per heavy atom. The molecule has 0 radical (unpaired) electrons. The highest BCUT2D eigenvalue weighted by molar-refractivity contribution is 5.91. The van der Waals surface area contributed by atoms with Crippen LogP contribution in [0, 0.1) is 19.8 Å². The highest BCUT2D eigenvalue weighted by Gasteiger charge is 2.14. The van der Waals surface area contributed by atoms with Crippen LogP contribution in [0.1, 0.15) is 36.8 Å². The summed E-state index contributed by atoms with van der Waals surface area (Å²) in [6.07, 6.45) is 4.06. The lowest BCUT2D eigenvalue weighted by atomic mass is 9.93. The lowest BCUT2D eigenvalue weighted by molar-refractivity contribution is -0.116. The van der Waals surface area contributed by atoms with Crippen LogP contribution in [0.15, 0.2) is 18.2 Å². The Labute approximate surface area is 115 Å². The van der Waals surface area contributed by atoms with E-state index in [4.69, 9.17) is 0 Å². The SMILES string of the molecule is Cc1cccc(NC(=O)CCC2CCNCC2)c1C. The van der Waals surface area contributed by atoms with Gasteiger partial charge in [0.25, 0.3) is 0 Å². The maximum Gasteiger partial charge on any atom is 0.224 e. The molecule has 2 N–H and O–H groups in total. The van der Waals surface area contributed by atoms with Crippen molar-refractivity contribution in [3.63, 3.8) is 0 Å². The maximum absolute atomic E-state index is 12.0. The quantitative estimate of drug-likeness (QED) is 0.873. The van der Waals surface area contributed by atoms with Crippen molar-refractivity contribution < 1.29 is 4.79 Å². The lowest BCUT2D eigenvalue weighted by Crippen LogP contribution is -2.28. The molecule has 19 heavy (non-hydrogen) atoms. The highest BCUT2D eigenvalue weighted by atomic mass is 16.1. The Morgan fingerprint density at radius 1 is 1.32 bits per heavy atom. The predicted molar refractivity (Wildman–Crippen MR) is 79.4 cm³/mol.